The van der Waals surface area contributed by atoms with Gasteiger partial charge in [0.2, 0.25) is 0 Å². The summed E-state index contributed by atoms with van der Waals surface area (Å²) in [5.74, 6) is 0. The van der Waals surface area contributed by atoms with Gasteiger partial charge in [0, 0.05) is 40.0 Å². The molecule has 0 aliphatic rings. The van der Waals surface area contributed by atoms with E-state index < -0.39 is 0 Å². The molecule has 0 saturated heterocycles. The van der Waals surface area contributed by atoms with Gasteiger partial charge in [0.25, 0.3) is 0 Å². The van der Waals surface area contributed by atoms with Crippen molar-refractivity contribution in [1.82, 2.24) is 4.98 Å². The Morgan fingerprint density at radius 2 is 1.83 bits per heavy atom. The van der Waals surface area contributed by atoms with Gasteiger partial charge in [-0.1, -0.05) is 35.3 Å². The quantitative estimate of drug-likeness (QED) is 0.925. The number of aromatic nitrogens is 1. The van der Waals surface area contributed by atoms with Gasteiger partial charge in [0.05, 0.1) is 0 Å². The minimum atomic E-state index is -0.249. The third-order valence-electron chi connectivity index (χ3n) is 2.77. The van der Waals surface area contributed by atoms with E-state index in [-0.39, 0.29) is 6.04 Å². The zero-order chi connectivity index (χ0) is 13.1. The Bertz CT molecular complexity index is 518. The van der Waals surface area contributed by atoms with E-state index in [9.17, 15) is 0 Å². The van der Waals surface area contributed by atoms with Crippen LogP contribution in [-0.4, -0.2) is 4.98 Å². The summed E-state index contributed by atoms with van der Waals surface area (Å²) in [7, 11) is 0. The Balaban J connectivity index is 2.22. The molecule has 1 atom stereocenters. The minimum Gasteiger partial charge on any atom is -0.324 e. The number of benzene rings is 1. The Morgan fingerprint density at radius 1 is 1.17 bits per heavy atom. The van der Waals surface area contributed by atoms with E-state index in [1.807, 2.05) is 31.3 Å². The SMILES string of the molecule is Cc1ccc(CC(N)c2c(Cl)cccc2Cl)nc1. The molecule has 2 N–H and O–H groups in total. The van der Waals surface area contributed by atoms with Gasteiger partial charge in [-0.3, -0.25) is 4.98 Å². The number of halogens is 2. The highest BCUT2D eigenvalue weighted by Crippen LogP contribution is 2.30. The van der Waals surface area contributed by atoms with Gasteiger partial charge in [0.15, 0.2) is 0 Å². The molecule has 0 bridgehead atoms. The lowest BCUT2D eigenvalue weighted by Crippen LogP contribution is -2.15. The highest BCUT2D eigenvalue weighted by Gasteiger charge is 2.15. The van der Waals surface area contributed by atoms with Crippen LogP contribution in [0.25, 0.3) is 0 Å². The van der Waals surface area contributed by atoms with Crippen molar-refractivity contribution in [2.45, 2.75) is 19.4 Å². The number of pyridine rings is 1. The summed E-state index contributed by atoms with van der Waals surface area (Å²) in [5, 5.41) is 1.20. The molecule has 1 aromatic carbocycles. The summed E-state index contributed by atoms with van der Waals surface area (Å²) in [5.41, 5.74) is 9.00. The molecule has 2 rings (SSSR count). The third-order valence-corrected chi connectivity index (χ3v) is 3.43. The van der Waals surface area contributed by atoms with E-state index in [1.165, 1.54) is 0 Å². The molecule has 0 saturated carbocycles. The van der Waals surface area contributed by atoms with Crippen LogP contribution in [0.5, 0.6) is 0 Å². The van der Waals surface area contributed by atoms with Gasteiger partial charge < -0.3 is 5.73 Å². The van der Waals surface area contributed by atoms with Gasteiger partial charge >= 0.3 is 0 Å². The van der Waals surface area contributed by atoms with Crippen LogP contribution in [0, 0.1) is 6.92 Å². The summed E-state index contributed by atoms with van der Waals surface area (Å²) < 4.78 is 0. The van der Waals surface area contributed by atoms with Gasteiger partial charge in [-0.15, -0.1) is 0 Å². The second-order valence-corrected chi connectivity index (χ2v) is 5.09. The predicted octanol–water partition coefficient (Wildman–Crippen LogP) is 3.94. The van der Waals surface area contributed by atoms with Crippen molar-refractivity contribution in [2.75, 3.05) is 0 Å². The summed E-state index contributed by atoms with van der Waals surface area (Å²) in [6.45, 7) is 2.00. The molecule has 2 nitrogen and oxygen atoms in total. The van der Waals surface area contributed by atoms with Crippen LogP contribution in [0.15, 0.2) is 36.5 Å². The highest BCUT2D eigenvalue weighted by molar-refractivity contribution is 6.36. The number of nitrogens with zero attached hydrogens (tertiary/aromatic N) is 1. The second-order valence-electron chi connectivity index (χ2n) is 4.27. The molecule has 2 aromatic rings. The van der Waals surface area contributed by atoms with Crippen molar-refractivity contribution in [1.29, 1.82) is 0 Å². The van der Waals surface area contributed by atoms with Crippen molar-refractivity contribution in [3.8, 4) is 0 Å². The van der Waals surface area contributed by atoms with Gasteiger partial charge in [-0.2, -0.15) is 0 Å². The lowest BCUT2D eigenvalue weighted by molar-refractivity contribution is 0.706. The molecule has 0 radical (unpaired) electrons. The molecule has 0 amide bonds. The highest BCUT2D eigenvalue weighted by atomic mass is 35.5. The topological polar surface area (TPSA) is 38.9 Å². The standard InChI is InChI=1S/C14H14Cl2N2/c1-9-5-6-10(18-8-9)7-13(17)14-11(15)3-2-4-12(14)16/h2-6,8,13H,7,17H2,1H3. The number of hydrogen-bond donors (Lipinski definition) is 1. The maximum absolute atomic E-state index is 6.16. The number of rotatable bonds is 3. The predicted molar refractivity (Wildman–Crippen MR) is 76.1 cm³/mol. The molecule has 0 aliphatic heterocycles. The number of nitrogens with two attached hydrogens (primary N) is 1. The zero-order valence-corrected chi connectivity index (χ0v) is 11.5. The van der Waals surface area contributed by atoms with Crippen molar-refractivity contribution in [3.05, 3.63) is 63.4 Å². The monoisotopic (exact) mass is 280 g/mol. The lowest BCUT2D eigenvalue weighted by Gasteiger charge is -2.15. The zero-order valence-electron chi connectivity index (χ0n) is 10.0. The van der Waals surface area contributed by atoms with Crippen molar-refractivity contribution < 1.29 is 0 Å². The summed E-state index contributed by atoms with van der Waals surface area (Å²) in [4.78, 5) is 4.34. The van der Waals surface area contributed by atoms with Crippen LogP contribution in [0.1, 0.15) is 22.9 Å². The van der Waals surface area contributed by atoms with Crippen molar-refractivity contribution in [3.63, 3.8) is 0 Å². The summed E-state index contributed by atoms with van der Waals surface area (Å²) in [6, 6.07) is 9.14. The fourth-order valence-corrected chi connectivity index (χ4v) is 2.49. The Hall–Kier alpha value is -1.09. The molecule has 4 heteroatoms. The smallest absolute Gasteiger partial charge is 0.0468 e. The lowest BCUT2D eigenvalue weighted by atomic mass is 10.0. The first-order valence-electron chi connectivity index (χ1n) is 5.69. The molecule has 0 spiro atoms. The normalized spacial score (nSPS) is 12.4. The van der Waals surface area contributed by atoms with Crippen LogP contribution in [0.2, 0.25) is 10.0 Å². The number of aryl methyl sites for hydroxylation is 1. The average molecular weight is 281 g/mol. The molecule has 0 aliphatic carbocycles. The van der Waals surface area contributed by atoms with Gasteiger partial charge in [0.1, 0.15) is 0 Å². The van der Waals surface area contributed by atoms with Gasteiger partial charge in [-0.05, 0) is 30.7 Å². The van der Waals surface area contributed by atoms with E-state index in [1.54, 1.807) is 12.1 Å². The van der Waals surface area contributed by atoms with Crippen molar-refractivity contribution >= 4 is 23.2 Å². The first kappa shape index (κ1) is 13.3. The molecule has 1 unspecified atom stereocenters. The fourth-order valence-electron chi connectivity index (χ4n) is 1.81. The fraction of sp³-hybridized carbons (Fsp3) is 0.214. The first-order valence-corrected chi connectivity index (χ1v) is 6.44. The summed E-state index contributed by atoms with van der Waals surface area (Å²) in [6.07, 6.45) is 2.44. The minimum absolute atomic E-state index is 0.249. The van der Waals surface area contributed by atoms with Crippen LogP contribution < -0.4 is 5.73 Å². The van der Waals surface area contributed by atoms with Crippen molar-refractivity contribution in [2.24, 2.45) is 5.73 Å². The van der Waals surface area contributed by atoms with Crippen LogP contribution in [-0.2, 0) is 6.42 Å². The maximum atomic E-state index is 6.16. The molecule has 0 fully saturated rings. The molecular weight excluding hydrogens is 267 g/mol. The Labute approximate surface area is 117 Å². The molecule has 18 heavy (non-hydrogen) atoms. The van der Waals surface area contributed by atoms with E-state index >= 15 is 0 Å². The van der Waals surface area contributed by atoms with Gasteiger partial charge in [-0.25, -0.2) is 0 Å². The first-order chi connectivity index (χ1) is 8.58. The molecule has 1 heterocycles. The van der Waals surface area contributed by atoms with E-state index in [2.05, 4.69) is 4.98 Å². The van der Waals surface area contributed by atoms with Crippen LogP contribution in [0.3, 0.4) is 0 Å². The van der Waals surface area contributed by atoms with E-state index in [0.29, 0.717) is 16.5 Å². The van der Waals surface area contributed by atoms with Crippen LogP contribution >= 0.6 is 23.2 Å². The summed E-state index contributed by atoms with van der Waals surface area (Å²) >= 11 is 12.3. The average Bonchev–Trinajstić information content (AvgIpc) is 2.32. The largest absolute Gasteiger partial charge is 0.324 e. The Morgan fingerprint density at radius 3 is 2.39 bits per heavy atom. The second kappa shape index (κ2) is 5.70. The van der Waals surface area contributed by atoms with E-state index in [0.717, 1.165) is 16.8 Å². The maximum Gasteiger partial charge on any atom is 0.0468 e. The molecule has 1 aromatic heterocycles. The Kier molecular flexibility index (Phi) is 4.23. The van der Waals surface area contributed by atoms with Crippen LogP contribution in [0.4, 0.5) is 0 Å². The third kappa shape index (κ3) is 3.02. The number of hydrogen-bond acceptors (Lipinski definition) is 2. The molecule has 94 valence electrons. The van der Waals surface area contributed by atoms with E-state index in [4.69, 9.17) is 28.9 Å². The molecular formula is C14H14Cl2N2.